The quantitative estimate of drug-likeness (QED) is 0.753. The number of aryl methyl sites for hydroxylation is 1. The van der Waals surface area contributed by atoms with E-state index >= 15 is 0 Å². The lowest BCUT2D eigenvalue weighted by Crippen LogP contribution is -2.32. The average molecular weight is 386 g/mol. The molecule has 1 aromatic heterocycles. The number of carbonyl (C=O) groups excluding carboxylic acids is 2. The number of nitrogens with zero attached hydrogens (tertiary/aromatic N) is 1. The van der Waals surface area contributed by atoms with E-state index in [0.717, 1.165) is 11.3 Å². The summed E-state index contributed by atoms with van der Waals surface area (Å²) < 4.78 is 10.5. The molecule has 3 rings (SSSR count). The zero-order valence-electron chi connectivity index (χ0n) is 15.7. The van der Waals surface area contributed by atoms with Gasteiger partial charge in [-0.15, -0.1) is 0 Å². The minimum atomic E-state index is -1.07. The van der Waals surface area contributed by atoms with Crippen molar-refractivity contribution in [2.45, 2.75) is 26.4 Å². The molecule has 1 saturated heterocycles. The molecule has 0 saturated carbocycles. The number of amides is 2. The third kappa shape index (κ3) is 4.33. The number of aromatic carboxylic acids is 1. The van der Waals surface area contributed by atoms with Crippen molar-refractivity contribution in [2.24, 2.45) is 5.92 Å². The first kappa shape index (κ1) is 19.5. The van der Waals surface area contributed by atoms with E-state index in [-0.39, 0.29) is 30.3 Å². The van der Waals surface area contributed by atoms with Crippen molar-refractivity contribution in [2.75, 3.05) is 13.7 Å². The van der Waals surface area contributed by atoms with Gasteiger partial charge in [0, 0.05) is 19.5 Å². The van der Waals surface area contributed by atoms with Crippen LogP contribution in [0.3, 0.4) is 0 Å². The van der Waals surface area contributed by atoms with Crippen LogP contribution in [0.4, 0.5) is 0 Å². The summed E-state index contributed by atoms with van der Waals surface area (Å²) in [5.74, 6) is -0.446. The number of methoxy groups -OCH3 is 1. The summed E-state index contributed by atoms with van der Waals surface area (Å²) in [5.41, 5.74) is 1.04. The maximum Gasteiger partial charge on any atom is 0.339 e. The minimum Gasteiger partial charge on any atom is -0.497 e. The van der Waals surface area contributed by atoms with Crippen molar-refractivity contribution in [3.05, 3.63) is 53.0 Å². The van der Waals surface area contributed by atoms with Crippen LogP contribution in [-0.4, -0.2) is 41.4 Å². The number of carbonyl (C=O) groups is 3. The first-order chi connectivity index (χ1) is 13.4. The van der Waals surface area contributed by atoms with Gasteiger partial charge in [0.1, 0.15) is 22.8 Å². The van der Waals surface area contributed by atoms with Gasteiger partial charge in [-0.1, -0.05) is 12.1 Å². The van der Waals surface area contributed by atoms with Gasteiger partial charge in [-0.3, -0.25) is 9.59 Å². The smallest absolute Gasteiger partial charge is 0.339 e. The monoisotopic (exact) mass is 386 g/mol. The first-order valence-electron chi connectivity index (χ1n) is 8.88. The number of likely N-dealkylation sites (tertiary alicyclic amines) is 1. The van der Waals surface area contributed by atoms with Crippen LogP contribution in [-0.2, 0) is 22.7 Å². The highest BCUT2D eigenvalue weighted by Crippen LogP contribution is 2.22. The maximum absolute atomic E-state index is 12.4. The van der Waals surface area contributed by atoms with E-state index in [0.29, 0.717) is 24.6 Å². The summed E-state index contributed by atoms with van der Waals surface area (Å²) >= 11 is 0. The molecule has 1 atom stereocenters. The van der Waals surface area contributed by atoms with E-state index in [2.05, 4.69) is 5.32 Å². The van der Waals surface area contributed by atoms with Crippen molar-refractivity contribution >= 4 is 17.8 Å². The Balaban J connectivity index is 1.54. The normalized spacial score (nSPS) is 16.3. The number of carboxylic acid groups (broad SMARTS) is 1. The molecule has 8 heteroatoms. The highest BCUT2D eigenvalue weighted by molar-refractivity contribution is 5.90. The van der Waals surface area contributed by atoms with Crippen LogP contribution in [0.1, 0.15) is 33.9 Å². The van der Waals surface area contributed by atoms with Crippen LogP contribution >= 0.6 is 0 Å². The Morgan fingerprint density at radius 1 is 1.32 bits per heavy atom. The number of carboxylic acids is 1. The Morgan fingerprint density at radius 3 is 2.64 bits per heavy atom. The topological polar surface area (TPSA) is 109 Å². The molecule has 0 bridgehead atoms. The summed E-state index contributed by atoms with van der Waals surface area (Å²) in [4.78, 5) is 37.4. The van der Waals surface area contributed by atoms with Crippen LogP contribution in [0, 0.1) is 12.8 Å². The lowest BCUT2D eigenvalue weighted by atomic mass is 10.1. The molecule has 2 aromatic rings. The summed E-state index contributed by atoms with van der Waals surface area (Å²) in [6.45, 7) is 2.41. The third-order valence-corrected chi connectivity index (χ3v) is 4.75. The van der Waals surface area contributed by atoms with Crippen LogP contribution in [0.5, 0.6) is 5.75 Å². The molecule has 8 nitrogen and oxygen atoms in total. The van der Waals surface area contributed by atoms with Crippen molar-refractivity contribution < 1.29 is 28.6 Å². The van der Waals surface area contributed by atoms with E-state index in [1.54, 1.807) is 18.9 Å². The van der Waals surface area contributed by atoms with Gasteiger partial charge >= 0.3 is 5.97 Å². The fourth-order valence-electron chi connectivity index (χ4n) is 3.21. The van der Waals surface area contributed by atoms with Crippen LogP contribution < -0.4 is 10.1 Å². The Bertz CT molecular complexity index is 887. The number of benzene rings is 1. The number of hydrogen-bond donors (Lipinski definition) is 2. The Morgan fingerprint density at radius 2 is 2.04 bits per heavy atom. The molecule has 28 heavy (non-hydrogen) atoms. The first-order valence-corrected chi connectivity index (χ1v) is 8.88. The van der Waals surface area contributed by atoms with Crippen LogP contribution in [0.25, 0.3) is 0 Å². The van der Waals surface area contributed by atoms with E-state index in [4.69, 9.17) is 14.3 Å². The molecule has 0 unspecified atom stereocenters. The van der Waals surface area contributed by atoms with Crippen molar-refractivity contribution in [3.63, 3.8) is 0 Å². The molecule has 2 heterocycles. The van der Waals surface area contributed by atoms with E-state index in [9.17, 15) is 14.4 Å². The molecule has 0 spiro atoms. The van der Waals surface area contributed by atoms with Gasteiger partial charge in [0.25, 0.3) is 0 Å². The molecule has 1 aliphatic rings. The van der Waals surface area contributed by atoms with E-state index in [1.807, 2.05) is 24.3 Å². The fourth-order valence-corrected chi connectivity index (χ4v) is 3.21. The van der Waals surface area contributed by atoms with Gasteiger partial charge < -0.3 is 24.5 Å². The molecule has 0 aliphatic carbocycles. The molecule has 1 fully saturated rings. The standard InChI is InChI=1S/C20H22N2O6/c1-12-17(20(25)26)8-16(28-12)9-21-19(24)14-7-18(23)22(11-14)10-13-3-5-15(27-2)6-4-13/h3-6,8,14H,7,9-11H2,1-2H3,(H,21,24)(H,25,26)/t14-/m1/s1. The summed E-state index contributed by atoms with van der Waals surface area (Å²) in [6, 6.07) is 8.83. The summed E-state index contributed by atoms with van der Waals surface area (Å²) in [5, 5.41) is 11.8. The second-order valence-corrected chi connectivity index (χ2v) is 6.73. The largest absolute Gasteiger partial charge is 0.497 e. The number of nitrogens with one attached hydrogen (secondary N) is 1. The zero-order chi connectivity index (χ0) is 20.3. The molecule has 2 N–H and O–H groups in total. The zero-order valence-corrected chi connectivity index (χ0v) is 15.7. The molecule has 148 valence electrons. The van der Waals surface area contributed by atoms with Crippen molar-refractivity contribution in [1.82, 2.24) is 10.2 Å². The van der Waals surface area contributed by atoms with Crippen molar-refractivity contribution in [3.8, 4) is 5.75 Å². The predicted octanol–water partition coefficient (Wildman–Crippen LogP) is 1.96. The van der Waals surface area contributed by atoms with Gasteiger partial charge in [0.05, 0.1) is 19.6 Å². The summed E-state index contributed by atoms with van der Waals surface area (Å²) in [6.07, 6.45) is 0.152. The molecule has 1 aliphatic heterocycles. The minimum absolute atomic E-state index is 0.0713. The van der Waals surface area contributed by atoms with Gasteiger partial charge in [-0.25, -0.2) is 4.79 Å². The molecule has 2 amide bonds. The highest BCUT2D eigenvalue weighted by Gasteiger charge is 2.34. The maximum atomic E-state index is 12.4. The fraction of sp³-hybridized carbons (Fsp3) is 0.350. The molecular formula is C20H22N2O6. The number of hydrogen-bond acceptors (Lipinski definition) is 5. The highest BCUT2D eigenvalue weighted by atomic mass is 16.5. The Labute approximate surface area is 162 Å². The van der Waals surface area contributed by atoms with Crippen LogP contribution in [0.2, 0.25) is 0 Å². The summed E-state index contributed by atoms with van der Waals surface area (Å²) in [7, 11) is 1.59. The molecular weight excluding hydrogens is 364 g/mol. The number of rotatable bonds is 7. The van der Waals surface area contributed by atoms with Crippen LogP contribution in [0.15, 0.2) is 34.7 Å². The number of ether oxygens (including phenoxy) is 1. The molecule has 1 aromatic carbocycles. The Hall–Kier alpha value is -3.29. The third-order valence-electron chi connectivity index (χ3n) is 4.75. The molecule has 0 radical (unpaired) electrons. The lowest BCUT2D eigenvalue weighted by Gasteiger charge is -2.17. The number of furan rings is 1. The van der Waals surface area contributed by atoms with Gasteiger partial charge in [-0.05, 0) is 30.7 Å². The second-order valence-electron chi connectivity index (χ2n) is 6.73. The van der Waals surface area contributed by atoms with E-state index in [1.165, 1.54) is 6.07 Å². The van der Waals surface area contributed by atoms with Gasteiger partial charge in [0.2, 0.25) is 11.8 Å². The lowest BCUT2D eigenvalue weighted by molar-refractivity contribution is -0.129. The van der Waals surface area contributed by atoms with Gasteiger partial charge in [-0.2, -0.15) is 0 Å². The predicted molar refractivity (Wildman–Crippen MR) is 98.8 cm³/mol. The Kier molecular flexibility index (Phi) is 5.67. The van der Waals surface area contributed by atoms with Crippen molar-refractivity contribution in [1.29, 1.82) is 0 Å². The SMILES string of the molecule is COc1ccc(CN2C[C@H](C(=O)NCc3cc(C(=O)O)c(C)o3)CC2=O)cc1. The average Bonchev–Trinajstić information content (AvgIpc) is 3.23. The second kappa shape index (κ2) is 8.16. The van der Waals surface area contributed by atoms with Gasteiger partial charge in [0.15, 0.2) is 0 Å². The van der Waals surface area contributed by atoms with E-state index < -0.39 is 11.9 Å².